The van der Waals surface area contributed by atoms with E-state index in [1.807, 2.05) is 13.8 Å². The first-order valence-electron chi connectivity index (χ1n) is 5.52. The van der Waals surface area contributed by atoms with Crippen LogP contribution >= 0.6 is 0 Å². The summed E-state index contributed by atoms with van der Waals surface area (Å²) in [7, 11) is 1.41. The van der Waals surface area contributed by atoms with Gasteiger partial charge in [0.1, 0.15) is 6.04 Å². The maximum absolute atomic E-state index is 11.3. The van der Waals surface area contributed by atoms with Gasteiger partial charge in [0.05, 0.1) is 13.7 Å². The van der Waals surface area contributed by atoms with Gasteiger partial charge < -0.3 is 14.8 Å². The summed E-state index contributed by atoms with van der Waals surface area (Å²) < 4.78 is 10.0. The number of hydrogen-bond acceptors (Lipinski definition) is 4. The van der Waals surface area contributed by atoms with Crippen molar-refractivity contribution < 1.29 is 14.3 Å². The largest absolute Gasteiger partial charge is 0.468 e. The van der Waals surface area contributed by atoms with Crippen LogP contribution in [0.5, 0.6) is 0 Å². The van der Waals surface area contributed by atoms with E-state index in [0.717, 1.165) is 13.0 Å². The van der Waals surface area contributed by atoms with Gasteiger partial charge in [-0.2, -0.15) is 0 Å². The molecule has 0 bridgehead atoms. The predicted octanol–water partition coefficient (Wildman–Crippen LogP) is 1.20. The van der Waals surface area contributed by atoms with Gasteiger partial charge in [-0.1, -0.05) is 20.8 Å². The molecule has 0 aromatic rings. The van der Waals surface area contributed by atoms with E-state index in [4.69, 9.17) is 9.47 Å². The summed E-state index contributed by atoms with van der Waals surface area (Å²) in [5.74, 6) is 0.0177. The van der Waals surface area contributed by atoms with Crippen LogP contribution in [0.25, 0.3) is 0 Å². The second-order valence-corrected chi connectivity index (χ2v) is 3.81. The summed E-state index contributed by atoms with van der Waals surface area (Å²) in [5.41, 5.74) is 0. The zero-order chi connectivity index (χ0) is 11.7. The molecular weight excluding hydrogens is 194 g/mol. The van der Waals surface area contributed by atoms with Crippen molar-refractivity contribution in [3.63, 3.8) is 0 Å². The Hall–Kier alpha value is -0.610. The highest BCUT2D eigenvalue weighted by atomic mass is 16.5. The molecule has 1 unspecified atom stereocenters. The lowest BCUT2D eigenvalue weighted by Gasteiger charge is -2.19. The van der Waals surface area contributed by atoms with Crippen LogP contribution in [0, 0.1) is 5.92 Å². The lowest BCUT2D eigenvalue weighted by Crippen LogP contribution is -2.43. The van der Waals surface area contributed by atoms with Gasteiger partial charge in [0.15, 0.2) is 0 Å². The first-order chi connectivity index (χ1) is 7.13. The van der Waals surface area contributed by atoms with E-state index in [2.05, 4.69) is 12.2 Å². The van der Waals surface area contributed by atoms with Crippen molar-refractivity contribution >= 4 is 5.97 Å². The molecule has 0 aliphatic heterocycles. The Morgan fingerprint density at radius 2 is 2.00 bits per heavy atom. The van der Waals surface area contributed by atoms with E-state index in [0.29, 0.717) is 13.2 Å². The van der Waals surface area contributed by atoms with E-state index >= 15 is 0 Å². The van der Waals surface area contributed by atoms with Gasteiger partial charge in [0.25, 0.3) is 0 Å². The molecule has 4 nitrogen and oxygen atoms in total. The third-order valence-corrected chi connectivity index (χ3v) is 2.08. The number of methoxy groups -OCH3 is 1. The van der Waals surface area contributed by atoms with Gasteiger partial charge in [0.2, 0.25) is 0 Å². The van der Waals surface area contributed by atoms with Crippen LogP contribution in [0.15, 0.2) is 0 Å². The molecule has 0 heterocycles. The maximum Gasteiger partial charge on any atom is 0.323 e. The second kappa shape index (κ2) is 8.68. The van der Waals surface area contributed by atoms with E-state index < -0.39 is 0 Å². The van der Waals surface area contributed by atoms with Crippen molar-refractivity contribution in [3.8, 4) is 0 Å². The standard InChI is InChI=1S/C11H23NO3/c1-5-7-15-8-6-12-10(9(2)3)11(13)14-4/h9-10,12H,5-8H2,1-4H3. The molecular formula is C11H23NO3. The Morgan fingerprint density at radius 3 is 2.47 bits per heavy atom. The van der Waals surface area contributed by atoms with Crippen LogP contribution in [-0.2, 0) is 14.3 Å². The van der Waals surface area contributed by atoms with Crippen molar-refractivity contribution in [2.45, 2.75) is 33.2 Å². The number of rotatable bonds is 8. The Labute approximate surface area is 92.3 Å². The number of carbonyl (C=O) groups is 1. The zero-order valence-electron chi connectivity index (χ0n) is 10.2. The van der Waals surface area contributed by atoms with E-state index in [1.54, 1.807) is 0 Å². The molecule has 0 saturated carbocycles. The Kier molecular flexibility index (Phi) is 8.33. The molecule has 0 radical (unpaired) electrons. The number of nitrogens with one attached hydrogen (secondary N) is 1. The van der Waals surface area contributed by atoms with Crippen LogP contribution in [0.3, 0.4) is 0 Å². The molecule has 0 aromatic heterocycles. The van der Waals surface area contributed by atoms with Crippen LogP contribution < -0.4 is 5.32 Å². The van der Waals surface area contributed by atoms with Gasteiger partial charge in [-0.15, -0.1) is 0 Å². The topological polar surface area (TPSA) is 47.6 Å². The highest BCUT2D eigenvalue weighted by Crippen LogP contribution is 2.02. The van der Waals surface area contributed by atoms with Crippen LogP contribution in [0.2, 0.25) is 0 Å². The smallest absolute Gasteiger partial charge is 0.323 e. The molecule has 1 N–H and O–H groups in total. The number of hydrogen-bond donors (Lipinski definition) is 1. The normalized spacial score (nSPS) is 12.9. The lowest BCUT2D eigenvalue weighted by atomic mass is 10.1. The summed E-state index contributed by atoms with van der Waals surface area (Å²) in [5, 5.41) is 3.13. The fraction of sp³-hybridized carbons (Fsp3) is 0.909. The van der Waals surface area contributed by atoms with Crippen LogP contribution in [0.1, 0.15) is 27.2 Å². The van der Waals surface area contributed by atoms with Gasteiger partial charge in [0, 0.05) is 13.2 Å². The minimum Gasteiger partial charge on any atom is -0.468 e. The number of ether oxygens (including phenoxy) is 2. The third-order valence-electron chi connectivity index (χ3n) is 2.08. The van der Waals surface area contributed by atoms with Crippen LogP contribution in [-0.4, -0.2) is 38.9 Å². The minimum absolute atomic E-state index is 0.208. The summed E-state index contributed by atoms with van der Waals surface area (Å²) in [4.78, 5) is 11.3. The molecule has 0 aliphatic rings. The highest BCUT2D eigenvalue weighted by Gasteiger charge is 2.21. The molecule has 0 spiro atoms. The maximum atomic E-state index is 11.3. The average Bonchev–Trinajstić information content (AvgIpc) is 2.22. The van der Waals surface area contributed by atoms with E-state index in [-0.39, 0.29) is 17.9 Å². The van der Waals surface area contributed by atoms with Crippen molar-refractivity contribution in [3.05, 3.63) is 0 Å². The molecule has 0 aromatic carbocycles. The lowest BCUT2D eigenvalue weighted by molar-refractivity contribution is -0.144. The molecule has 0 rings (SSSR count). The quantitative estimate of drug-likeness (QED) is 0.490. The fourth-order valence-electron chi connectivity index (χ4n) is 1.25. The van der Waals surface area contributed by atoms with Gasteiger partial charge in [-0.25, -0.2) is 0 Å². The molecule has 1 atom stereocenters. The number of esters is 1. The highest BCUT2D eigenvalue weighted by molar-refractivity contribution is 5.75. The summed E-state index contributed by atoms with van der Waals surface area (Å²) in [6.07, 6.45) is 1.02. The average molecular weight is 217 g/mol. The van der Waals surface area contributed by atoms with Gasteiger partial charge >= 0.3 is 5.97 Å². The van der Waals surface area contributed by atoms with Crippen molar-refractivity contribution in [1.82, 2.24) is 5.32 Å². The summed E-state index contributed by atoms with van der Waals surface area (Å²) in [6, 6.07) is -0.236. The molecule has 0 aliphatic carbocycles. The van der Waals surface area contributed by atoms with E-state index in [1.165, 1.54) is 7.11 Å². The Bertz CT molecular complexity index is 171. The molecule has 90 valence electrons. The Balaban J connectivity index is 3.72. The molecule has 0 fully saturated rings. The monoisotopic (exact) mass is 217 g/mol. The minimum atomic E-state index is -0.236. The van der Waals surface area contributed by atoms with Crippen molar-refractivity contribution in [2.24, 2.45) is 5.92 Å². The SMILES string of the molecule is CCCOCCNC(C(=O)OC)C(C)C. The third kappa shape index (κ3) is 6.47. The molecule has 4 heteroatoms. The summed E-state index contributed by atoms with van der Waals surface area (Å²) >= 11 is 0. The first kappa shape index (κ1) is 14.4. The van der Waals surface area contributed by atoms with E-state index in [9.17, 15) is 4.79 Å². The fourth-order valence-corrected chi connectivity index (χ4v) is 1.25. The Morgan fingerprint density at radius 1 is 1.33 bits per heavy atom. The van der Waals surface area contributed by atoms with Gasteiger partial charge in [-0.3, -0.25) is 4.79 Å². The predicted molar refractivity (Wildman–Crippen MR) is 59.8 cm³/mol. The molecule has 0 saturated heterocycles. The zero-order valence-corrected chi connectivity index (χ0v) is 10.2. The number of carbonyl (C=O) groups excluding carboxylic acids is 1. The summed E-state index contributed by atoms with van der Waals surface area (Å²) in [6.45, 7) is 8.13. The van der Waals surface area contributed by atoms with Crippen molar-refractivity contribution in [2.75, 3.05) is 26.9 Å². The van der Waals surface area contributed by atoms with Crippen LogP contribution in [0.4, 0.5) is 0 Å². The van der Waals surface area contributed by atoms with Gasteiger partial charge in [-0.05, 0) is 12.3 Å². The molecule has 15 heavy (non-hydrogen) atoms. The second-order valence-electron chi connectivity index (χ2n) is 3.81. The van der Waals surface area contributed by atoms with Crippen molar-refractivity contribution in [1.29, 1.82) is 0 Å². The first-order valence-corrected chi connectivity index (χ1v) is 5.52. The molecule has 0 amide bonds.